The molecule has 0 radical (unpaired) electrons. The van der Waals surface area contributed by atoms with Crippen molar-refractivity contribution in [3.8, 4) is 0 Å². The van der Waals surface area contributed by atoms with Crippen LogP contribution >= 0.6 is 0 Å². The molecular formula is C10H9NO. The van der Waals surface area contributed by atoms with Crippen molar-refractivity contribution in [2.75, 3.05) is 0 Å². The number of hydrogen-bond acceptors (Lipinski definition) is 2. The van der Waals surface area contributed by atoms with Crippen LogP contribution in [0.5, 0.6) is 0 Å². The topological polar surface area (TPSA) is 26.0 Å². The zero-order valence-electron chi connectivity index (χ0n) is 6.66. The Balaban J connectivity index is 2.21. The second-order valence-electron chi connectivity index (χ2n) is 3.35. The van der Waals surface area contributed by atoms with Gasteiger partial charge in [-0.05, 0) is 36.5 Å². The maximum atomic E-state index is 5.23. The minimum absolute atomic E-state index is 0.791. The molecule has 0 spiro atoms. The van der Waals surface area contributed by atoms with Gasteiger partial charge in [-0.2, -0.15) is 0 Å². The predicted octanol–water partition coefficient (Wildman–Crippen LogP) is 2.71. The fraction of sp³-hybridized carbons (Fsp3) is 0.300. The summed E-state index contributed by atoms with van der Waals surface area (Å²) in [5.41, 5.74) is 3.28. The first kappa shape index (κ1) is 6.23. The van der Waals surface area contributed by atoms with Gasteiger partial charge in [-0.3, -0.25) is 0 Å². The van der Waals surface area contributed by atoms with Crippen LogP contribution < -0.4 is 0 Å². The molecule has 1 aliphatic rings. The number of hydrogen-bond donors (Lipinski definition) is 0. The van der Waals surface area contributed by atoms with Crippen LogP contribution in [0.4, 0.5) is 0 Å². The molecule has 1 fully saturated rings. The standard InChI is InChI=1S/C10H9NO/c1-2-7(1)8-3-4-9-10(5-8)12-6-11-9/h3-7H,1-2H2. The van der Waals surface area contributed by atoms with E-state index in [1.54, 1.807) is 0 Å². The fourth-order valence-electron chi connectivity index (χ4n) is 1.54. The highest BCUT2D eigenvalue weighted by Gasteiger charge is 2.23. The molecule has 2 aromatic rings. The summed E-state index contributed by atoms with van der Waals surface area (Å²) in [7, 11) is 0. The van der Waals surface area contributed by atoms with Crippen molar-refractivity contribution < 1.29 is 4.42 Å². The smallest absolute Gasteiger partial charge is 0.181 e. The number of oxazole rings is 1. The quantitative estimate of drug-likeness (QED) is 0.639. The fourth-order valence-corrected chi connectivity index (χ4v) is 1.54. The minimum Gasteiger partial charge on any atom is -0.443 e. The van der Waals surface area contributed by atoms with Crippen LogP contribution in [0.3, 0.4) is 0 Å². The maximum absolute atomic E-state index is 5.23. The van der Waals surface area contributed by atoms with E-state index in [1.807, 2.05) is 6.07 Å². The van der Waals surface area contributed by atoms with Crippen molar-refractivity contribution in [3.63, 3.8) is 0 Å². The molecule has 1 aliphatic carbocycles. The van der Waals surface area contributed by atoms with Gasteiger partial charge in [0.2, 0.25) is 0 Å². The van der Waals surface area contributed by atoms with Crippen molar-refractivity contribution in [3.05, 3.63) is 30.2 Å². The van der Waals surface area contributed by atoms with Crippen LogP contribution in [-0.2, 0) is 0 Å². The molecule has 1 aromatic heterocycles. The lowest BCUT2D eigenvalue weighted by molar-refractivity contribution is 0.601. The highest BCUT2D eigenvalue weighted by atomic mass is 16.3. The van der Waals surface area contributed by atoms with E-state index in [2.05, 4.69) is 17.1 Å². The second kappa shape index (κ2) is 2.09. The Bertz CT molecular complexity index is 414. The minimum atomic E-state index is 0.791. The van der Waals surface area contributed by atoms with Gasteiger partial charge >= 0.3 is 0 Å². The number of fused-ring (bicyclic) bond motifs is 1. The first-order valence-electron chi connectivity index (χ1n) is 4.26. The number of nitrogens with zero attached hydrogens (tertiary/aromatic N) is 1. The second-order valence-corrected chi connectivity index (χ2v) is 3.35. The lowest BCUT2D eigenvalue weighted by Gasteiger charge is -1.94. The molecule has 1 aromatic carbocycles. The summed E-state index contributed by atoms with van der Waals surface area (Å²) in [4.78, 5) is 4.07. The normalized spacial score (nSPS) is 17.0. The molecule has 0 bridgehead atoms. The van der Waals surface area contributed by atoms with Crippen LogP contribution in [0.25, 0.3) is 11.1 Å². The van der Waals surface area contributed by atoms with E-state index in [-0.39, 0.29) is 0 Å². The van der Waals surface area contributed by atoms with Crippen molar-refractivity contribution >= 4 is 11.1 Å². The van der Waals surface area contributed by atoms with Crippen LogP contribution in [0, 0.1) is 0 Å². The van der Waals surface area contributed by atoms with E-state index in [0.717, 1.165) is 17.0 Å². The number of benzene rings is 1. The lowest BCUT2D eigenvalue weighted by atomic mass is 10.1. The van der Waals surface area contributed by atoms with Gasteiger partial charge in [-0.25, -0.2) is 4.98 Å². The Labute approximate surface area is 70.2 Å². The largest absolute Gasteiger partial charge is 0.443 e. The summed E-state index contributed by atoms with van der Waals surface area (Å²) in [6.07, 6.45) is 4.17. The van der Waals surface area contributed by atoms with Gasteiger partial charge < -0.3 is 4.42 Å². The van der Waals surface area contributed by atoms with Crippen molar-refractivity contribution in [2.24, 2.45) is 0 Å². The van der Waals surface area contributed by atoms with E-state index in [0.29, 0.717) is 0 Å². The van der Waals surface area contributed by atoms with Gasteiger partial charge in [0, 0.05) is 0 Å². The van der Waals surface area contributed by atoms with Crippen LogP contribution in [-0.4, -0.2) is 4.98 Å². The summed E-state index contributed by atoms with van der Waals surface area (Å²) < 4.78 is 5.23. The summed E-state index contributed by atoms with van der Waals surface area (Å²) in [6, 6.07) is 6.30. The molecule has 60 valence electrons. The van der Waals surface area contributed by atoms with Gasteiger partial charge in [0.05, 0.1) is 0 Å². The van der Waals surface area contributed by atoms with Gasteiger partial charge in [-0.15, -0.1) is 0 Å². The SMILES string of the molecule is c1nc2ccc(C3CC3)cc2o1. The van der Waals surface area contributed by atoms with Gasteiger partial charge in [0.25, 0.3) is 0 Å². The van der Waals surface area contributed by atoms with E-state index < -0.39 is 0 Å². The monoisotopic (exact) mass is 159 g/mol. The molecule has 0 unspecified atom stereocenters. The van der Waals surface area contributed by atoms with Crippen molar-refractivity contribution in [2.45, 2.75) is 18.8 Å². The Morgan fingerprint density at radius 2 is 2.25 bits per heavy atom. The third-order valence-corrected chi connectivity index (χ3v) is 2.40. The Kier molecular flexibility index (Phi) is 1.09. The Hall–Kier alpha value is -1.31. The summed E-state index contributed by atoms with van der Waals surface area (Å²) >= 11 is 0. The van der Waals surface area contributed by atoms with Gasteiger partial charge in [-0.1, -0.05) is 6.07 Å². The van der Waals surface area contributed by atoms with Crippen LogP contribution in [0.1, 0.15) is 24.3 Å². The molecule has 3 rings (SSSR count). The average Bonchev–Trinajstić information content (AvgIpc) is 2.84. The van der Waals surface area contributed by atoms with E-state index >= 15 is 0 Å². The third kappa shape index (κ3) is 0.843. The third-order valence-electron chi connectivity index (χ3n) is 2.40. The molecule has 0 saturated heterocycles. The molecule has 0 aliphatic heterocycles. The van der Waals surface area contributed by atoms with E-state index in [1.165, 1.54) is 24.8 Å². The first-order valence-corrected chi connectivity index (χ1v) is 4.26. The van der Waals surface area contributed by atoms with Gasteiger partial charge in [0.1, 0.15) is 5.52 Å². The van der Waals surface area contributed by atoms with E-state index in [4.69, 9.17) is 4.42 Å². The predicted molar refractivity (Wildman–Crippen MR) is 46.0 cm³/mol. The molecule has 1 heterocycles. The summed E-state index contributed by atoms with van der Waals surface area (Å²) in [5.74, 6) is 0.791. The number of rotatable bonds is 1. The van der Waals surface area contributed by atoms with Crippen LogP contribution in [0.2, 0.25) is 0 Å². The zero-order chi connectivity index (χ0) is 7.97. The van der Waals surface area contributed by atoms with Crippen molar-refractivity contribution in [1.82, 2.24) is 4.98 Å². The molecule has 0 atom stereocenters. The average molecular weight is 159 g/mol. The van der Waals surface area contributed by atoms with E-state index in [9.17, 15) is 0 Å². The lowest BCUT2D eigenvalue weighted by Crippen LogP contribution is -1.77. The Morgan fingerprint density at radius 3 is 3.08 bits per heavy atom. The molecule has 1 saturated carbocycles. The maximum Gasteiger partial charge on any atom is 0.181 e. The highest BCUT2D eigenvalue weighted by Crippen LogP contribution is 2.40. The van der Waals surface area contributed by atoms with Crippen LogP contribution in [0.15, 0.2) is 29.0 Å². The number of aromatic nitrogens is 1. The summed E-state index contributed by atoms with van der Waals surface area (Å²) in [6.45, 7) is 0. The Morgan fingerprint density at radius 1 is 1.33 bits per heavy atom. The van der Waals surface area contributed by atoms with Gasteiger partial charge in [0.15, 0.2) is 12.0 Å². The molecule has 2 heteroatoms. The molecule has 2 nitrogen and oxygen atoms in total. The summed E-state index contributed by atoms with van der Waals surface area (Å²) in [5, 5.41) is 0. The molecule has 0 amide bonds. The first-order chi connectivity index (χ1) is 5.93. The molecule has 12 heavy (non-hydrogen) atoms. The molecule has 0 N–H and O–H groups in total. The molecular weight excluding hydrogens is 150 g/mol. The van der Waals surface area contributed by atoms with Crippen molar-refractivity contribution in [1.29, 1.82) is 0 Å². The zero-order valence-corrected chi connectivity index (χ0v) is 6.66. The highest BCUT2D eigenvalue weighted by molar-refractivity contribution is 5.73.